The van der Waals surface area contributed by atoms with Crippen LogP contribution in [0.4, 0.5) is 5.69 Å². The van der Waals surface area contributed by atoms with Crippen molar-refractivity contribution in [3.8, 4) is 0 Å². The fraction of sp³-hybridized carbons (Fsp3) is 0. The minimum absolute atomic E-state index is 0.244. The molecule has 0 spiro atoms. The number of anilines is 1. The van der Waals surface area contributed by atoms with Crippen LogP contribution in [0.15, 0.2) is 23.2 Å². The predicted molar refractivity (Wildman–Crippen MR) is 50.3 cm³/mol. The fourth-order valence-electron chi connectivity index (χ4n) is 1.20. The Hall–Kier alpha value is -1.60. The Morgan fingerprint density at radius 3 is 2.79 bits per heavy atom. The maximum Gasteiger partial charge on any atom is 0.294 e. The van der Waals surface area contributed by atoms with Crippen molar-refractivity contribution in [3.63, 3.8) is 0 Å². The molecule has 0 saturated carbocycles. The molecule has 0 aliphatic rings. The molecule has 0 bridgehead atoms. The van der Waals surface area contributed by atoms with Gasteiger partial charge in [0, 0.05) is 11.1 Å². The Morgan fingerprint density at radius 2 is 2.14 bits per heavy atom. The van der Waals surface area contributed by atoms with Gasteiger partial charge in [0.15, 0.2) is 0 Å². The summed E-state index contributed by atoms with van der Waals surface area (Å²) in [6, 6.07) is 2.46. The van der Waals surface area contributed by atoms with Gasteiger partial charge in [-0.2, -0.15) is 13.5 Å². The second kappa shape index (κ2) is 2.69. The van der Waals surface area contributed by atoms with Crippen LogP contribution in [0.3, 0.4) is 0 Å². The zero-order valence-corrected chi connectivity index (χ0v) is 7.75. The number of nitrogens with one attached hydrogen (secondary N) is 1. The first-order chi connectivity index (χ1) is 6.48. The molecule has 6 nitrogen and oxygen atoms in total. The minimum atomic E-state index is -4.22. The second-order valence-electron chi connectivity index (χ2n) is 2.82. The lowest BCUT2D eigenvalue weighted by Crippen LogP contribution is -1.99. The lowest BCUT2D eigenvalue weighted by atomic mass is 10.2. The van der Waals surface area contributed by atoms with Crippen molar-refractivity contribution in [1.82, 2.24) is 10.2 Å². The Kier molecular flexibility index (Phi) is 1.73. The van der Waals surface area contributed by atoms with Gasteiger partial charge < -0.3 is 5.73 Å². The summed E-state index contributed by atoms with van der Waals surface area (Å²) in [5.74, 6) is 0. The van der Waals surface area contributed by atoms with Crippen LogP contribution in [-0.2, 0) is 10.1 Å². The number of hydrogen-bond donors (Lipinski definition) is 3. The van der Waals surface area contributed by atoms with Gasteiger partial charge in [0.25, 0.3) is 10.1 Å². The van der Waals surface area contributed by atoms with Gasteiger partial charge in [-0.15, -0.1) is 0 Å². The smallest absolute Gasteiger partial charge is 0.294 e. The van der Waals surface area contributed by atoms with Gasteiger partial charge in [0.05, 0.1) is 16.6 Å². The third kappa shape index (κ3) is 1.32. The van der Waals surface area contributed by atoms with E-state index in [4.69, 9.17) is 10.3 Å². The molecule has 0 atom stereocenters. The molecule has 0 unspecified atom stereocenters. The molecule has 2 aromatic rings. The summed E-state index contributed by atoms with van der Waals surface area (Å²) >= 11 is 0. The van der Waals surface area contributed by atoms with Gasteiger partial charge in [-0.1, -0.05) is 0 Å². The number of H-pyrrole nitrogens is 1. The number of hydrogen-bond acceptors (Lipinski definition) is 4. The van der Waals surface area contributed by atoms with Gasteiger partial charge in [0.1, 0.15) is 0 Å². The van der Waals surface area contributed by atoms with Crippen LogP contribution >= 0.6 is 0 Å². The predicted octanol–water partition coefficient (Wildman–Crippen LogP) is 0.392. The van der Waals surface area contributed by atoms with Gasteiger partial charge in [-0.05, 0) is 12.1 Å². The molecule has 1 aromatic carbocycles. The van der Waals surface area contributed by atoms with E-state index in [1.165, 1.54) is 18.3 Å². The summed E-state index contributed by atoms with van der Waals surface area (Å²) < 4.78 is 30.4. The maximum atomic E-state index is 10.8. The average molecular weight is 213 g/mol. The molecule has 0 saturated heterocycles. The summed E-state index contributed by atoms with van der Waals surface area (Å²) in [6.07, 6.45) is 1.48. The molecule has 1 aromatic heterocycles. The highest BCUT2D eigenvalue weighted by molar-refractivity contribution is 7.85. The van der Waals surface area contributed by atoms with Crippen LogP contribution in [0, 0.1) is 0 Å². The zero-order chi connectivity index (χ0) is 10.3. The maximum absolute atomic E-state index is 10.8. The summed E-state index contributed by atoms with van der Waals surface area (Å²) in [6.45, 7) is 0. The molecule has 14 heavy (non-hydrogen) atoms. The highest BCUT2D eigenvalue weighted by Crippen LogP contribution is 2.23. The van der Waals surface area contributed by atoms with Crippen molar-refractivity contribution in [2.24, 2.45) is 0 Å². The topological polar surface area (TPSA) is 109 Å². The van der Waals surface area contributed by atoms with Gasteiger partial charge in [-0.3, -0.25) is 9.65 Å². The Bertz CT molecular complexity index is 587. The molecule has 7 heteroatoms. The first kappa shape index (κ1) is 8.97. The average Bonchev–Trinajstić information content (AvgIpc) is 2.50. The zero-order valence-electron chi connectivity index (χ0n) is 6.93. The Labute approximate surface area is 79.5 Å². The number of nitrogens with zero attached hydrogens (tertiary/aromatic N) is 1. The lowest BCUT2D eigenvalue weighted by Gasteiger charge is -1.99. The SMILES string of the molecule is Nc1cc(S(=O)(=O)O)cc2[nH]ncc12. The van der Waals surface area contributed by atoms with Crippen molar-refractivity contribution in [1.29, 1.82) is 0 Å². The van der Waals surface area contributed by atoms with Gasteiger partial charge in [-0.25, -0.2) is 0 Å². The van der Waals surface area contributed by atoms with E-state index in [1.807, 2.05) is 0 Å². The van der Waals surface area contributed by atoms with E-state index in [9.17, 15) is 8.42 Å². The van der Waals surface area contributed by atoms with Crippen LogP contribution in [0.2, 0.25) is 0 Å². The first-order valence-corrected chi connectivity index (χ1v) is 5.12. The van der Waals surface area contributed by atoms with Crippen molar-refractivity contribution in [3.05, 3.63) is 18.3 Å². The number of aromatic nitrogens is 2. The molecule has 1 heterocycles. The van der Waals surface area contributed by atoms with E-state index in [1.54, 1.807) is 0 Å². The van der Waals surface area contributed by atoms with Crippen LogP contribution in [0.25, 0.3) is 10.9 Å². The molecular weight excluding hydrogens is 206 g/mol. The molecule has 0 radical (unpaired) electrons. The largest absolute Gasteiger partial charge is 0.398 e. The number of nitrogens with two attached hydrogens (primary N) is 1. The van der Waals surface area contributed by atoms with E-state index < -0.39 is 10.1 Å². The second-order valence-corrected chi connectivity index (χ2v) is 4.24. The number of rotatable bonds is 1. The summed E-state index contributed by atoms with van der Waals surface area (Å²) in [5.41, 5.74) is 6.29. The normalized spacial score (nSPS) is 12.1. The molecule has 0 amide bonds. The summed E-state index contributed by atoms with van der Waals surface area (Å²) in [5, 5.41) is 6.89. The third-order valence-electron chi connectivity index (χ3n) is 1.86. The quantitative estimate of drug-likeness (QED) is 0.469. The van der Waals surface area contributed by atoms with Crippen molar-refractivity contribution < 1.29 is 13.0 Å². The molecule has 4 N–H and O–H groups in total. The Morgan fingerprint density at radius 1 is 1.43 bits per heavy atom. The molecule has 0 aliphatic carbocycles. The highest BCUT2D eigenvalue weighted by Gasteiger charge is 2.12. The summed E-state index contributed by atoms with van der Waals surface area (Å²) in [4.78, 5) is -0.244. The monoisotopic (exact) mass is 213 g/mol. The number of aromatic amines is 1. The highest BCUT2D eigenvalue weighted by atomic mass is 32.2. The van der Waals surface area contributed by atoms with E-state index in [0.717, 1.165) is 0 Å². The van der Waals surface area contributed by atoms with E-state index in [-0.39, 0.29) is 10.6 Å². The van der Waals surface area contributed by atoms with Crippen molar-refractivity contribution in [2.75, 3.05) is 5.73 Å². The van der Waals surface area contributed by atoms with Gasteiger partial charge in [0.2, 0.25) is 0 Å². The molecule has 0 fully saturated rings. The summed E-state index contributed by atoms with van der Waals surface area (Å²) in [7, 11) is -4.22. The number of benzene rings is 1. The number of fused-ring (bicyclic) bond motifs is 1. The third-order valence-corrected chi connectivity index (χ3v) is 2.69. The lowest BCUT2D eigenvalue weighted by molar-refractivity contribution is 0.483. The first-order valence-electron chi connectivity index (χ1n) is 3.68. The minimum Gasteiger partial charge on any atom is -0.398 e. The Balaban J connectivity index is 2.83. The molecule has 0 aliphatic heterocycles. The van der Waals surface area contributed by atoms with E-state index >= 15 is 0 Å². The van der Waals surface area contributed by atoms with Crippen LogP contribution in [0.5, 0.6) is 0 Å². The number of nitrogen functional groups attached to an aromatic ring is 1. The van der Waals surface area contributed by atoms with Crippen LogP contribution in [-0.4, -0.2) is 23.2 Å². The van der Waals surface area contributed by atoms with Crippen molar-refractivity contribution >= 4 is 26.7 Å². The van der Waals surface area contributed by atoms with Gasteiger partial charge >= 0.3 is 0 Å². The van der Waals surface area contributed by atoms with Crippen LogP contribution < -0.4 is 5.73 Å². The molecular formula is C7H7N3O3S. The van der Waals surface area contributed by atoms with Crippen LogP contribution in [0.1, 0.15) is 0 Å². The molecule has 74 valence electrons. The van der Waals surface area contributed by atoms with E-state index in [2.05, 4.69) is 10.2 Å². The van der Waals surface area contributed by atoms with Crippen molar-refractivity contribution in [2.45, 2.75) is 4.90 Å². The fourth-order valence-corrected chi connectivity index (χ4v) is 1.74. The molecule has 2 rings (SSSR count). The standard InChI is InChI=1S/C7H7N3O3S/c8-6-1-4(14(11,12)13)2-7-5(6)3-9-10-7/h1-3H,8H2,(H,9,10)(H,11,12,13). The van der Waals surface area contributed by atoms with E-state index in [0.29, 0.717) is 10.9 Å².